The second kappa shape index (κ2) is 6.26. The molecule has 0 radical (unpaired) electrons. The number of nitrogens with zero attached hydrogens (tertiary/aromatic N) is 2. The number of hydrogen-bond donors (Lipinski definition) is 2. The number of rotatable bonds is 4. The fraction of sp³-hybridized carbons (Fsp3) is 0.250. The van der Waals surface area contributed by atoms with E-state index in [1.165, 1.54) is 0 Å². The van der Waals surface area contributed by atoms with Crippen LogP contribution in [0.25, 0.3) is 0 Å². The molecule has 1 heterocycles. The third-order valence-corrected chi connectivity index (χ3v) is 3.17. The van der Waals surface area contributed by atoms with Crippen molar-refractivity contribution < 1.29 is 4.79 Å². The van der Waals surface area contributed by atoms with Gasteiger partial charge in [-0.05, 0) is 36.8 Å². The topological polar surface area (TPSA) is 71.2 Å². The first-order chi connectivity index (χ1) is 9.97. The SMILES string of the molecule is Cc1ccc(CNC(=O)c2cc(N)ccc2N(C)C)cn1. The smallest absolute Gasteiger partial charge is 0.253 e. The summed E-state index contributed by atoms with van der Waals surface area (Å²) in [6.45, 7) is 2.37. The van der Waals surface area contributed by atoms with E-state index in [4.69, 9.17) is 5.73 Å². The van der Waals surface area contributed by atoms with Crippen molar-refractivity contribution in [2.24, 2.45) is 0 Å². The van der Waals surface area contributed by atoms with E-state index >= 15 is 0 Å². The molecule has 0 spiro atoms. The molecule has 1 aromatic carbocycles. The van der Waals surface area contributed by atoms with E-state index in [-0.39, 0.29) is 5.91 Å². The molecule has 2 rings (SSSR count). The molecule has 2 aromatic rings. The van der Waals surface area contributed by atoms with Gasteiger partial charge in [0.25, 0.3) is 5.91 Å². The number of nitrogens with two attached hydrogens (primary N) is 1. The van der Waals surface area contributed by atoms with Crippen molar-refractivity contribution in [2.75, 3.05) is 24.7 Å². The normalized spacial score (nSPS) is 10.2. The first-order valence-corrected chi connectivity index (χ1v) is 6.74. The maximum absolute atomic E-state index is 12.3. The molecule has 5 nitrogen and oxygen atoms in total. The van der Waals surface area contributed by atoms with Gasteiger partial charge in [0.2, 0.25) is 0 Å². The van der Waals surface area contributed by atoms with Gasteiger partial charge in [0, 0.05) is 43.9 Å². The molecule has 0 aliphatic carbocycles. The van der Waals surface area contributed by atoms with E-state index in [1.54, 1.807) is 18.3 Å². The van der Waals surface area contributed by atoms with Crippen molar-refractivity contribution in [3.05, 3.63) is 53.3 Å². The number of nitrogen functional groups attached to an aromatic ring is 1. The zero-order valence-corrected chi connectivity index (χ0v) is 12.6. The summed E-state index contributed by atoms with van der Waals surface area (Å²) >= 11 is 0. The minimum absolute atomic E-state index is 0.147. The Morgan fingerprint density at radius 3 is 2.67 bits per heavy atom. The molecule has 0 fully saturated rings. The van der Waals surface area contributed by atoms with E-state index in [0.717, 1.165) is 16.9 Å². The molecular formula is C16H20N4O. The number of aromatic nitrogens is 1. The largest absolute Gasteiger partial charge is 0.399 e. The van der Waals surface area contributed by atoms with Crippen LogP contribution in [0.4, 0.5) is 11.4 Å². The maximum Gasteiger partial charge on any atom is 0.253 e. The average Bonchev–Trinajstić information content (AvgIpc) is 2.46. The van der Waals surface area contributed by atoms with E-state index in [9.17, 15) is 4.79 Å². The van der Waals surface area contributed by atoms with E-state index in [1.807, 2.05) is 44.1 Å². The highest BCUT2D eigenvalue weighted by Gasteiger charge is 2.13. The van der Waals surface area contributed by atoms with Crippen LogP contribution in [0.1, 0.15) is 21.6 Å². The van der Waals surface area contributed by atoms with Gasteiger partial charge in [-0.15, -0.1) is 0 Å². The lowest BCUT2D eigenvalue weighted by Crippen LogP contribution is -2.25. The van der Waals surface area contributed by atoms with Crippen molar-refractivity contribution in [1.29, 1.82) is 0 Å². The Labute approximate surface area is 124 Å². The molecule has 5 heteroatoms. The van der Waals surface area contributed by atoms with Gasteiger partial charge in [-0.2, -0.15) is 0 Å². The second-order valence-electron chi connectivity index (χ2n) is 5.16. The zero-order chi connectivity index (χ0) is 15.4. The van der Waals surface area contributed by atoms with E-state index in [2.05, 4.69) is 10.3 Å². The van der Waals surface area contributed by atoms with Gasteiger partial charge in [0.1, 0.15) is 0 Å². The van der Waals surface area contributed by atoms with Crippen molar-refractivity contribution in [1.82, 2.24) is 10.3 Å². The van der Waals surface area contributed by atoms with Crippen LogP contribution in [-0.2, 0) is 6.54 Å². The van der Waals surface area contributed by atoms with Gasteiger partial charge in [-0.25, -0.2) is 0 Å². The van der Waals surface area contributed by atoms with Gasteiger partial charge >= 0.3 is 0 Å². The maximum atomic E-state index is 12.3. The Morgan fingerprint density at radius 1 is 1.29 bits per heavy atom. The predicted molar refractivity (Wildman–Crippen MR) is 85.3 cm³/mol. The monoisotopic (exact) mass is 284 g/mol. The van der Waals surface area contributed by atoms with E-state index < -0.39 is 0 Å². The first kappa shape index (κ1) is 14.8. The molecule has 0 bridgehead atoms. The lowest BCUT2D eigenvalue weighted by Gasteiger charge is -2.17. The van der Waals surface area contributed by atoms with Crippen LogP contribution in [0.5, 0.6) is 0 Å². The standard InChI is InChI=1S/C16H20N4O/c1-11-4-5-12(9-18-11)10-19-16(21)14-8-13(17)6-7-15(14)20(2)3/h4-9H,10,17H2,1-3H3,(H,19,21). The van der Waals surface area contributed by atoms with Gasteiger partial charge in [-0.1, -0.05) is 6.07 Å². The quantitative estimate of drug-likeness (QED) is 0.842. The number of anilines is 2. The van der Waals surface area contributed by atoms with Crippen LogP contribution < -0.4 is 16.0 Å². The number of nitrogens with one attached hydrogen (secondary N) is 1. The third-order valence-electron chi connectivity index (χ3n) is 3.17. The van der Waals surface area contributed by atoms with Crippen LogP contribution >= 0.6 is 0 Å². The molecule has 0 aliphatic heterocycles. The molecule has 3 N–H and O–H groups in total. The highest BCUT2D eigenvalue weighted by atomic mass is 16.1. The first-order valence-electron chi connectivity index (χ1n) is 6.74. The summed E-state index contributed by atoms with van der Waals surface area (Å²) in [7, 11) is 3.79. The summed E-state index contributed by atoms with van der Waals surface area (Å²) in [6, 6.07) is 9.20. The van der Waals surface area contributed by atoms with Gasteiger partial charge in [0.05, 0.1) is 5.56 Å². The number of aryl methyl sites for hydroxylation is 1. The Hall–Kier alpha value is -2.56. The number of carbonyl (C=O) groups excluding carboxylic acids is 1. The summed E-state index contributed by atoms with van der Waals surface area (Å²) < 4.78 is 0. The number of benzene rings is 1. The van der Waals surface area contributed by atoms with Gasteiger partial charge < -0.3 is 16.0 Å². The Kier molecular flexibility index (Phi) is 4.42. The summed E-state index contributed by atoms with van der Waals surface area (Å²) in [4.78, 5) is 18.4. The van der Waals surface area contributed by atoms with Crippen LogP contribution in [0.2, 0.25) is 0 Å². The molecule has 0 atom stereocenters. The Balaban J connectivity index is 2.13. The molecule has 21 heavy (non-hydrogen) atoms. The summed E-state index contributed by atoms with van der Waals surface area (Å²) in [5.74, 6) is -0.147. The Morgan fingerprint density at radius 2 is 2.05 bits per heavy atom. The highest BCUT2D eigenvalue weighted by Crippen LogP contribution is 2.21. The van der Waals surface area contributed by atoms with Crippen molar-refractivity contribution in [2.45, 2.75) is 13.5 Å². The third kappa shape index (κ3) is 3.72. The van der Waals surface area contributed by atoms with Crippen LogP contribution in [0.3, 0.4) is 0 Å². The van der Waals surface area contributed by atoms with Crippen LogP contribution in [0.15, 0.2) is 36.5 Å². The van der Waals surface area contributed by atoms with Crippen LogP contribution in [0, 0.1) is 6.92 Å². The second-order valence-corrected chi connectivity index (χ2v) is 5.16. The lowest BCUT2D eigenvalue weighted by atomic mass is 10.1. The molecule has 1 amide bonds. The summed E-state index contributed by atoms with van der Waals surface area (Å²) in [5.41, 5.74) is 9.68. The molecular weight excluding hydrogens is 264 g/mol. The summed E-state index contributed by atoms with van der Waals surface area (Å²) in [6.07, 6.45) is 1.77. The molecule has 1 aromatic heterocycles. The Bertz CT molecular complexity index is 635. The van der Waals surface area contributed by atoms with Crippen molar-refractivity contribution in [3.8, 4) is 0 Å². The molecule has 0 saturated carbocycles. The molecule has 0 unspecified atom stereocenters. The number of pyridine rings is 1. The fourth-order valence-corrected chi connectivity index (χ4v) is 2.01. The minimum atomic E-state index is -0.147. The van der Waals surface area contributed by atoms with Crippen molar-refractivity contribution >= 4 is 17.3 Å². The highest BCUT2D eigenvalue weighted by molar-refractivity contribution is 6.00. The number of amides is 1. The number of carbonyl (C=O) groups is 1. The number of hydrogen-bond acceptors (Lipinski definition) is 4. The van der Waals surface area contributed by atoms with Crippen LogP contribution in [-0.4, -0.2) is 25.0 Å². The van der Waals surface area contributed by atoms with E-state index in [0.29, 0.717) is 17.8 Å². The van der Waals surface area contributed by atoms with Gasteiger partial charge in [-0.3, -0.25) is 9.78 Å². The molecule has 110 valence electrons. The summed E-state index contributed by atoms with van der Waals surface area (Å²) in [5, 5.41) is 2.90. The lowest BCUT2D eigenvalue weighted by molar-refractivity contribution is 0.0951. The molecule has 0 saturated heterocycles. The minimum Gasteiger partial charge on any atom is -0.399 e. The molecule has 0 aliphatic rings. The van der Waals surface area contributed by atoms with Gasteiger partial charge in [0.15, 0.2) is 0 Å². The average molecular weight is 284 g/mol. The predicted octanol–water partition coefficient (Wildman–Crippen LogP) is 1.97. The fourth-order valence-electron chi connectivity index (χ4n) is 2.01. The van der Waals surface area contributed by atoms with Crippen molar-refractivity contribution in [3.63, 3.8) is 0 Å². The zero-order valence-electron chi connectivity index (χ0n) is 12.6.